The molecule has 16 heavy (non-hydrogen) atoms. The average Bonchev–Trinajstić information content (AvgIpc) is 2.29. The van der Waals surface area contributed by atoms with E-state index in [0.717, 1.165) is 30.9 Å². The Kier molecular flexibility index (Phi) is 3.14. The van der Waals surface area contributed by atoms with Crippen molar-refractivity contribution in [2.75, 3.05) is 6.61 Å². The van der Waals surface area contributed by atoms with E-state index in [-0.39, 0.29) is 6.10 Å². The molecule has 1 aromatic rings. The van der Waals surface area contributed by atoms with Gasteiger partial charge < -0.3 is 4.74 Å². The molecular formula is C11H12F3NO. The van der Waals surface area contributed by atoms with Crippen LogP contribution in [0, 0.1) is 0 Å². The lowest BCUT2D eigenvalue weighted by Crippen LogP contribution is -2.13. The highest BCUT2D eigenvalue weighted by atomic mass is 19.4. The maximum absolute atomic E-state index is 12.3. The van der Waals surface area contributed by atoms with Crippen LogP contribution in [0.3, 0.4) is 0 Å². The number of rotatable bonds is 1. The van der Waals surface area contributed by atoms with Crippen molar-refractivity contribution < 1.29 is 17.9 Å². The molecule has 0 aromatic carbocycles. The summed E-state index contributed by atoms with van der Waals surface area (Å²) in [4.78, 5) is 3.42. The molecule has 0 bridgehead atoms. The quantitative estimate of drug-likeness (QED) is 0.739. The van der Waals surface area contributed by atoms with Crippen LogP contribution < -0.4 is 0 Å². The van der Waals surface area contributed by atoms with Crippen LogP contribution in [0.5, 0.6) is 0 Å². The molecule has 88 valence electrons. The van der Waals surface area contributed by atoms with Crippen molar-refractivity contribution in [3.63, 3.8) is 0 Å². The summed E-state index contributed by atoms with van der Waals surface area (Å²) in [7, 11) is 0. The monoisotopic (exact) mass is 231 g/mol. The normalized spacial score (nSPS) is 22.1. The summed E-state index contributed by atoms with van der Waals surface area (Å²) in [5.41, 5.74) is -0.125. The zero-order chi connectivity index (χ0) is 11.6. The van der Waals surface area contributed by atoms with Crippen LogP contribution in [0.25, 0.3) is 0 Å². The topological polar surface area (TPSA) is 22.1 Å². The van der Waals surface area contributed by atoms with Crippen molar-refractivity contribution in [2.45, 2.75) is 31.5 Å². The molecule has 1 aliphatic heterocycles. The molecule has 1 aliphatic rings. The standard InChI is InChI=1S/C11H12F3NO/c12-11(13,14)10-5-4-8(7-15-10)9-3-1-2-6-16-9/h4-5,7,9H,1-3,6H2/t9-/m1/s1. The number of alkyl halides is 3. The van der Waals surface area contributed by atoms with Crippen LogP contribution >= 0.6 is 0 Å². The summed E-state index contributed by atoms with van der Waals surface area (Å²) in [5.74, 6) is 0. The Balaban J connectivity index is 2.12. The maximum atomic E-state index is 12.3. The molecule has 2 nitrogen and oxygen atoms in total. The van der Waals surface area contributed by atoms with Crippen LogP contribution in [-0.4, -0.2) is 11.6 Å². The smallest absolute Gasteiger partial charge is 0.373 e. The van der Waals surface area contributed by atoms with Gasteiger partial charge in [-0.1, -0.05) is 6.07 Å². The molecule has 5 heteroatoms. The lowest BCUT2D eigenvalue weighted by molar-refractivity contribution is -0.141. The van der Waals surface area contributed by atoms with Gasteiger partial charge in [0.1, 0.15) is 5.69 Å². The molecule has 1 aromatic heterocycles. The van der Waals surface area contributed by atoms with Gasteiger partial charge in [0.2, 0.25) is 0 Å². The second kappa shape index (κ2) is 4.41. The average molecular weight is 231 g/mol. The number of pyridine rings is 1. The van der Waals surface area contributed by atoms with Gasteiger partial charge in [-0.05, 0) is 30.9 Å². The minimum absolute atomic E-state index is 0.0940. The predicted molar refractivity (Wildman–Crippen MR) is 51.8 cm³/mol. The van der Waals surface area contributed by atoms with Crippen molar-refractivity contribution in [2.24, 2.45) is 0 Å². The first kappa shape index (κ1) is 11.4. The van der Waals surface area contributed by atoms with Gasteiger partial charge in [0, 0.05) is 12.8 Å². The van der Waals surface area contributed by atoms with Gasteiger partial charge in [0.15, 0.2) is 0 Å². The van der Waals surface area contributed by atoms with Crippen molar-refractivity contribution in [3.05, 3.63) is 29.6 Å². The van der Waals surface area contributed by atoms with E-state index in [1.807, 2.05) is 0 Å². The Labute approximate surface area is 91.4 Å². The molecule has 0 unspecified atom stereocenters. The fourth-order valence-electron chi connectivity index (χ4n) is 1.77. The molecule has 0 spiro atoms. The van der Waals surface area contributed by atoms with E-state index in [1.165, 1.54) is 12.3 Å². The van der Waals surface area contributed by atoms with Crippen LogP contribution in [0.15, 0.2) is 18.3 Å². The molecule has 2 rings (SSSR count). The first-order valence-electron chi connectivity index (χ1n) is 5.22. The van der Waals surface area contributed by atoms with E-state index in [1.54, 1.807) is 0 Å². The van der Waals surface area contributed by atoms with Crippen LogP contribution in [0.4, 0.5) is 13.2 Å². The van der Waals surface area contributed by atoms with Crippen molar-refractivity contribution in [1.29, 1.82) is 0 Å². The zero-order valence-corrected chi connectivity index (χ0v) is 8.63. The van der Waals surface area contributed by atoms with Gasteiger partial charge in [0.25, 0.3) is 0 Å². The van der Waals surface area contributed by atoms with Crippen LogP contribution in [0.1, 0.15) is 36.6 Å². The van der Waals surface area contributed by atoms with E-state index >= 15 is 0 Å². The fraction of sp³-hybridized carbons (Fsp3) is 0.545. The number of ether oxygens (including phenoxy) is 1. The lowest BCUT2D eigenvalue weighted by Gasteiger charge is -2.22. The Hall–Kier alpha value is -1.10. The van der Waals surface area contributed by atoms with E-state index < -0.39 is 11.9 Å². The molecule has 1 fully saturated rings. The van der Waals surface area contributed by atoms with Crippen molar-refractivity contribution in [1.82, 2.24) is 4.98 Å². The Morgan fingerprint density at radius 3 is 2.56 bits per heavy atom. The van der Waals surface area contributed by atoms with E-state index in [9.17, 15) is 13.2 Å². The van der Waals surface area contributed by atoms with Gasteiger partial charge in [0.05, 0.1) is 6.10 Å². The van der Waals surface area contributed by atoms with Crippen molar-refractivity contribution >= 4 is 0 Å². The summed E-state index contributed by atoms with van der Waals surface area (Å²) in [5, 5.41) is 0. The molecule has 0 amide bonds. The zero-order valence-electron chi connectivity index (χ0n) is 8.63. The summed E-state index contributed by atoms with van der Waals surface area (Å²) >= 11 is 0. The lowest BCUT2D eigenvalue weighted by atomic mass is 10.0. The number of aromatic nitrogens is 1. The summed E-state index contributed by atoms with van der Waals surface area (Å²) < 4.78 is 42.3. The minimum atomic E-state index is -4.37. The number of hydrogen-bond donors (Lipinski definition) is 0. The maximum Gasteiger partial charge on any atom is 0.433 e. The minimum Gasteiger partial charge on any atom is -0.373 e. The molecule has 0 radical (unpaired) electrons. The summed E-state index contributed by atoms with van der Waals surface area (Å²) in [6, 6.07) is 2.46. The summed E-state index contributed by atoms with van der Waals surface area (Å²) in [6.07, 6.45) is -0.280. The molecule has 0 aliphatic carbocycles. The first-order valence-corrected chi connectivity index (χ1v) is 5.22. The second-order valence-corrected chi connectivity index (χ2v) is 3.83. The Morgan fingerprint density at radius 2 is 2.06 bits per heavy atom. The largest absolute Gasteiger partial charge is 0.433 e. The van der Waals surface area contributed by atoms with E-state index in [2.05, 4.69) is 4.98 Å². The predicted octanol–water partition coefficient (Wildman–Crippen LogP) is 3.34. The van der Waals surface area contributed by atoms with Gasteiger partial charge >= 0.3 is 6.18 Å². The first-order chi connectivity index (χ1) is 7.57. The summed E-state index contributed by atoms with van der Waals surface area (Å²) in [6.45, 7) is 0.672. The Morgan fingerprint density at radius 1 is 1.25 bits per heavy atom. The van der Waals surface area contributed by atoms with Crippen LogP contribution in [-0.2, 0) is 10.9 Å². The molecule has 1 saturated heterocycles. The SMILES string of the molecule is FC(F)(F)c1ccc([C@H]2CCCCO2)cn1. The number of nitrogens with zero attached hydrogens (tertiary/aromatic N) is 1. The molecule has 0 N–H and O–H groups in total. The van der Waals surface area contributed by atoms with Gasteiger partial charge in [-0.25, -0.2) is 0 Å². The highest BCUT2D eigenvalue weighted by Crippen LogP contribution is 2.30. The Bertz CT molecular complexity index is 341. The second-order valence-electron chi connectivity index (χ2n) is 3.83. The number of halogens is 3. The fourth-order valence-corrected chi connectivity index (χ4v) is 1.77. The van der Waals surface area contributed by atoms with Crippen LogP contribution in [0.2, 0.25) is 0 Å². The highest BCUT2D eigenvalue weighted by molar-refractivity contribution is 5.18. The van der Waals surface area contributed by atoms with E-state index in [0.29, 0.717) is 6.61 Å². The number of hydrogen-bond acceptors (Lipinski definition) is 2. The van der Waals surface area contributed by atoms with E-state index in [4.69, 9.17) is 4.74 Å². The highest BCUT2D eigenvalue weighted by Gasteiger charge is 2.32. The molecule has 1 atom stereocenters. The molecule has 2 heterocycles. The van der Waals surface area contributed by atoms with Gasteiger partial charge in [-0.2, -0.15) is 13.2 Å². The molecular weight excluding hydrogens is 219 g/mol. The third-order valence-electron chi connectivity index (χ3n) is 2.63. The molecule has 0 saturated carbocycles. The van der Waals surface area contributed by atoms with Gasteiger partial charge in [-0.3, -0.25) is 4.98 Å². The van der Waals surface area contributed by atoms with Crippen molar-refractivity contribution in [3.8, 4) is 0 Å². The van der Waals surface area contributed by atoms with Gasteiger partial charge in [-0.15, -0.1) is 0 Å². The third kappa shape index (κ3) is 2.52. The third-order valence-corrected chi connectivity index (χ3v) is 2.63.